The van der Waals surface area contributed by atoms with Crippen molar-refractivity contribution in [2.45, 2.75) is 39.5 Å². The smallest absolute Gasteiger partial charge is 0.102 e. The molecule has 4 heteroatoms. The Kier molecular flexibility index (Phi) is 9.70. The molecule has 0 amide bonds. The van der Waals surface area contributed by atoms with Gasteiger partial charge in [0.2, 0.25) is 0 Å². The molecule has 0 aromatic carbocycles. The summed E-state index contributed by atoms with van der Waals surface area (Å²) in [6, 6.07) is 0.463. The SMILES string of the molecule is CC(C)N(C)N.CCC(N)O. The Hall–Kier alpha value is -0.160. The van der Waals surface area contributed by atoms with Gasteiger partial charge in [0, 0.05) is 13.1 Å². The van der Waals surface area contributed by atoms with Crippen LogP contribution in [0.25, 0.3) is 0 Å². The summed E-state index contributed by atoms with van der Waals surface area (Å²) in [5.74, 6) is 5.27. The first kappa shape index (κ1) is 13.4. The van der Waals surface area contributed by atoms with Crippen molar-refractivity contribution in [3.8, 4) is 0 Å². The van der Waals surface area contributed by atoms with E-state index in [0.717, 1.165) is 0 Å². The van der Waals surface area contributed by atoms with E-state index in [1.54, 1.807) is 5.01 Å². The average Bonchev–Trinajstić information content (AvgIpc) is 1.89. The van der Waals surface area contributed by atoms with Gasteiger partial charge in [-0.25, -0.2) is 5.01 Å². The van der Waals surface area contributed by atoms with Crippen molar-refractivity contribution in [3.63, 3.8) is 0 Å². The second kappa shape index (κ2) is 7.94. The minimum absolute atomic E-state index is 0.463. The van der Waals surface area contributed by atoms with E-state index in [2.05, 4.69) is 0 Å². The fourth-order valence-electron chi connectivity index (χ4n) is 0. The van der Waals surface area contributed by atoms with E-state index >= 15 is 0 Å². The number of nitrogens with zero attached hydrogens (tertiary/aromatic N) is 1. The summed E-state index contributed by atoms with van der Waals surface area (Å²) in [6.07, 6.45) is 0.0231. The molecule has 0 saturated carbocycles. The lowest BCUT2D eigenvalue weighted by molar-refractivity contribution is 0.178. The molecule has 0 aliphatic heterocycles. The number of aliphatic hydroxyl groups excluding tert-OH is 1. The lowest BCUT2D eigenvalue weighted by atomic mass is 10.4. The van der Waals surface area contributed by atoms with Gasteiger partial charge in [-0.15, -0.1) is 0 Å². The molecule has 0 fully saturated rings. The van der Waals surface area contributed by atoms with Gasteiger partial charge in [0.25, 0.3) is 0 Å². The van der Waals surface area contributed by atoms with Crippen molar-refractivity contribution in [2.24, 2.45) is 11.6 Å². The molecular weight excluding hydrogens is 142 g/mol. The highest BCUT2D eigenvalue weighted by atomic mass is 16.3. The molecule has 1 atom stereocenters. The number of aliphatic hydroxyl groups is 1. The van der Waals surface area contributed by atoms with Gasteiger partial charge in [-0.1, -0.05) is 6.92 Å². The average molecular weight is 163 g/mol. The van der Waals surface area contributed by atoms with E-state index < -0.39 is 6.23 Å². The maximum absolute atomic E-state index is 8.14. The molecule has 0 aromatic rings. The third-order valence-electron chi connectivity index (χ3n) is 1.23. The van der Waals surface area contributed by atoms with Crippen LogP contribution in [0.3, 0.4) is 0 Å². The third kappa shape index (κ3) is 17.7. The van der Waals surface area contributed by atoms with Gasteiger partial charge in [-0.05, 0) is 20.3 Å². The number of nitrogens with two attached hydrogens (primary N) is 2. The standard InChI is InChI=1S/C4H12N2.C3H9NO/c1-4(2)6(3)5;1-2-3(4)5/h4H,5H2,1-3H3;3,5H,2,4H2,1H3. The maximum atomic E-state index is 8.14. The fourth-order valence-corrected chi connectivity index (χ4v) is 0. The van der Waals surface area contributed by atoms with Gasteiger partial charge in [-0.3, -0.25) is 5.84 Å². The Morgan fingerprint density at radius 1 is 1.45 bits per heavy atom. The lowest BCUT2D eigenvalue weighted by Gasteiger charge is -2.12. The van der Waals surface area contributed by atoms with E-state index in [9.17, 15) is 0 Å². The van der Waals surface area contributed by atoms with Crippen LogP contribution < -0.4 is 11.6 Å². The van der Waals surface area contributed by atoms with Crippen LogP contribution in [0.5, 0.6) is 0 Å². The van der Waals surface area contributed by atoms with Gasteiger partial charge in [0.1, 0.15) is 6.23 Å². The zero-order valence-corrected chi connectivity index (χ0v) is 7.91. The Morgan fingerprint density at radius 3 is 1.64 bits per heavy atom. The third-order valence-corrected chi connectivity index (χ3v) is 1.23. The monoisotopic (exact) mass is 163 g/mol. The number of hydrogen-bond donors (Lipinski definition) is 3. The van der Waals surface area contributed by atoms with E-state index in [-0.39, 0.29) is 0 Å². The predicted octanol–water partition coefficient (Wildman–Crippen LogP) is -0.126. The highest BCUT2D eigenvalue weighted by Gasteiger charge is 1.91. The predicted molar refractivity (Wildman–Crippen MR) is 47.6 cm³/mol. The summed E-state index contributed by atoms with van der Waals surface area (Å²) in [4.78, 5) is 0. The summed E-state index contributed by atoms with van der Waals surface area (Å²) in [5, 5.41) is 9.81. The highest BCUT2D eigenvalue weighted by molar-refractivity contribution is 4.43. The summed E-state index contributed by atoms with van der Waals surface area (Å²) in [7, 11) is 1.85. The quantitative estimate of drug-likeness (QED) is 0.301. The van der Waals surface area contributed by atoms with Crippen LogP contribution in [0.15, 0.2) is 0 Å². The Morgan fingerprint density at radius 2 is 1.64 bits per heavy atom. The van der Waals surface area contributed by atoms with Gasteiger partial charge in [-0.2, -0.15) is 0 Å². The number of hydrogen-bond acceptors (Lipinski definition) is 4. The van der Waals surface area contributed by atoms with Crippen LogP contribution in [0.1, 0.15) is 27.2 Å². The molecule has 0 saturated heterocycles. The minimum Gasteiger partial charge on any atom is -0.379 e. The van der Waals surface area contributed by atoms with Gasteiger partial charge >= 0.3 is 0 Å². The Bertz CT molecular complexity index is 68.1. The molecule has 0 aliphatic carbocycles. The van der Waals surface area contributed by atoms with Crippen molar-refractivity contribution >= 4 is 0 Å². The van der Waals surface area contributed by atoms with Crippen LogP contribution >= 0.6 is 0 Å². The zero-order chi connectivity index (χ0) is 9.44. The topological polar surface area (TPSA) is 75.5 Å². The van der Waals surface area contributed by atoms with Crippen molar-refractivity contribution in [2.75, 3.05) is 7.05 Å². The Labute approximate surface area is 69.1 Å². The summed E-state index contributed by atoms with van der Waals surface area (Å²) < 4.78 is 0. The minimum atomic E-state index is -0.616. The van der Waals surface area contributed by atoms with Crippen molar-refractivity contribution < 1.29 is 5.11 Å². The van der Waals surface area contributed by atoms with E-state index in [4.69, 9.17) is 16.7 Å². The van der Waals surface area contributed by atoms with Gasteiger partial charge in [0.05, 0.1) is 0 Å². The molecular formula is C7H21N3O. The molecule has 0 spiro atoms. The second-order valence-electron chi connectivity index (χ2n) is 2.73. The first-order chi connectivity index (χ1) is 4.91. The summed E-state index contributed by atoms with van der Waals surface area (Å²) in [5.41, 5.74) is 4.85. The normalized spacial score (nSPS) is 12.8. The van der Waals surface area contributed by atoms with Crippen LogP contribution in [0, 0.1) is 0 Å². The molecule has 0 heterocycles. The number of rotatable bonds is 2. The second-order valence-corrected chi connectivity index (χ2v) is 2.73. The molecule has 0 bridgehead atoms. The molecule has 70 valence electrons. The molecule has 5 N–H and O–H groups in total. The molecule has 1 unspecified atom stereocenters. The van der Waals surface area contributed by atoms with E-state index in [0.29, 0.717) is 12.5 Å². The van der Waals surface area contributed by atoms with E-state index in [1.165, 1.54) is 0 Å². The highest BCUT2D eigenvalue weighted by Crippen LogP contribution is 1.80. The van der Waals surface area contributed by atoms with Crippen LogP contribution in [0.4, 0.5) is 0 Å². The first-order valence-corrected chi connectivity index (χ1v) is 3.83. The van der Waals surface area contributed by atoms with Crippen molar-refractivity contribution in [1.29, 1.82) is 0 Å². The lowest BCUT2D eigenvalue weighted by Crippen LogP contribution is -2.32. The summed E-state index contributed by atoms with van der Waals surface area (Å²) in [6.45, 7) is 5.91. The van der Waals surface area contributed by atoms with Crippen LogP contribution in [0.2, 0.25) is 0 Å². The van der Waals surface area contributed by atoms with Crippen LogP contribution in [-0.4, -0.2) is 29.4 Å². The first-order valence-electron chi connectivity index (χ1n) is 3.83. The van der Waals surface area contributed by atoms with Crippen molar-refractivity contribution in [3.05, 3.63) is 0 Å². The van der Waals surface area contributed by atoms with Crippen LogP contribution in [-0.2, 0) is 0 Å². The van der Waals surface area contributed by atoms with E-state index in [1.807, 2.05) is 27.8 Å². The fraction of sp³-hybridized carbons (Fsp3) is 1.00. The zero-order valence-electron chi connectivity index (χ0n) is 7.91. The largest absolute Gasteiger partial charge is 0.379 e. The Balaban J connectivity index is 0. The molecule has 0 aliphatic rings. The molecule has 0 aromatic heterocycles. The van der Waals surface area contributed by atoms with Gasteiger partial charge in [0.15, 0.2) is 0 Å². The van der Waals surface area contributed by atoms with Crippen molar-refractivity contribution in [1.82, 2.24) is 5.01 Å². The molecule has 11 heavy (non-hydrogen) atoms. The summed E-state index contributed by atoms with van der Waals surface area (Å²) >= 11 is 0. The van der Waals surface area contributed by atoms with Gasteiger partial charge < -0.3 is 10.8 Å². The molecule has 0 radical (unpaired) electrons. The molecule has 0 rings (SSSR count). The maximum Gasteiger partial charge on any atom is 0.102 e. The number of hydrazine groups is 1. The molecule has 4 nitrogen and oxygen atoms in total.